The van der Waals surface area contributed by atoms with Gasteiger partial charge >= 0.3 is 6.03 Å². The Morgan fingerprint density at radius 1 is 1.43 bits per heavy atom. The molecule has 0 aliphatic heterocycles. The van der Waals surface area contributed by atoms with Gasteiger partial charge in [-0.25, -0.2) is 4.79 Å². The molecule has 2 unspecified atom stereocenters. The van der Waals surface area contributed by atoms with Gasteiger partial charge in [0, 0.05) is 6.04 Å². The molecule has 0 saturated heterocycles. The van der Waals surface area contributed by atoms with Crippen LogP contribution in [-0.4, -0.2) is 12.1 Å². The number of hydrogen-bond donors (Lipinski definition) is 2. The highest BCUT2D eigenvalue weighted by Gasteiger charge is 2.28. The Labute approximate surface area is 86.4 Å². The van der Waals surface area contributed by atoms with E-state index in [1.165, 1.54) is 12.8 Å². The monoisotopic (exact) mass is 198 g/mol. The van der Waals surface area contributed by atoms with Gasteiger partial charge in [0.1, 0.15) is 0 Å². The molecular weight excluding hydrogens is 176 g/mol. The maximum absolute atomic E-state index is 10.7. The van der Waals surface area contributed by atoms with Crippen molar-refractivity contribution in [2.45, 2.75) is 52.5 Å². The summed E-state index contributed by atoms with van der Waals surface area (Å²) in [6.45, 7) is 6.80. The lowest BCUT2D eigenvalue weighted by Gasteiger charge is -2.22. The minimum atomic E-state index is -0.383. The van der Waals surface area contributed by atoms with E-state index in [0.717, 1.165) is 18.8 Å². The maximum Gasteiger partial charge on any atom is 0.312 e. The van der Waals surface area contributed by atoms with Gasteiger partial charge in [0.25, 0.3) is 0 Å². The molecule has 0 aromatic rings. The van der Waals surface area contributed by atoms with Crippen LogP contribution in [0.1, 0.15) is 46.5 Å². The third-order valence-electron chi connectivity index (χ3n) is 2.79. The summed E-state index contributed by atoms with van der Waals surface area (Å²) in [5, 5.41) is 2.80. The van der Waals surface area contributed by atoms with Crippen LogP contribution < -0.4 is 11.1 Å². The van der Waals surface area contributed by atoms with E-state index in [-0.39, 0.29) is 6.03 Å². The van der Waals surface area contributed by atoms with Crippen molar-refractivity contribution in [1.29, 1.82) is 0 Å². The van der Waals surface area contributed by atoms with Gasteiger partial charge in [-0.3, -0.25) is 0 Å². The van der Waals surface area contributed by atoms with Crippen molar-refractivity contribution in [3.63, 3.8) is 0 Å². The van der Waals surface area contributed by atoms with E-state index in [4.69, 9.17) is 5.73 Å². The highest BCUT2D eigenvalue weighted by Crippen LogP contribution is 2.35. The molecule has 14 heavy (non-hydrogen) atoms. The zero-order valence-corrected chi connectivity index (χ0v) is 9.47. The van der Waals surface area contributed by atoms with Gasteiger partial charge in [-0.1, -0.05) is 20.8 Å². The van der Waals surface area contributed by atoms with Gasteiger partial charge in [-0.2, -0.15) is 0 Å². The largest absolute Gasteiger partial charge is 0.352 e. The van der Waals surface area contributed by atoms with Crippen LogP contribution in [0, 0.1) is 11.3 Å². The smallest absolute Gasteiger partial charge is 0.312 e. The summed E-state index contributed by atoms with van der Waals surface area (Å²) < 4.78 is 0. The number of carbonyl (C=O) groups is 1. The van der Waals surface area contributed by atoms with Crippen molar-refractivity contribution in [3.05, 3.63) is 0 Å². The molecule has 2 amide bonds. The Kier molecular flexibility index (Phi) is 3.40. The Morgan fingerprint density at radius 3 is 2.57 bits per heavy atom. The second kappa shape index (κ2) is 4.20. The normalized spacial score (nSPS) is 27.6. The van der Waals surface area contributed by atoms with E-state index in [9.17, 15) is 4.79 Å². The first kappa shape index (κ1) is 11.3. The van der Waals surface area contributed by atoms with Crippen molar-refractivity contribution in [2.24, 2.45) is 17.1 Å². The topological polar surface area (TPSA) is 55.1 Å². The van der Waals surface area contributed by atoms with Crippen LogP contribution in [-0.2, 0) is 0 Å². The fourth-order valence-corrected chi connectivity index (χ4v) is 2.46. The number of rotatable bonds is 2. The number of amides is 2. The number of hydrogen-bond acceptors (Lipinski definition) is 1. The average Bonchev–Trinajstić information content (AvgIpc) is 2.30. The predicted octanol–water partition coefficient (Wildman–Crippen LogP) is 2.26. The van der Waals surface area contributed by atoms with Crippen molar-refractivity contribution in [3.8, 4) is 0 Å². The third kappa shape index (κ3) is 3.99. The second-order valence-corrected chi connectivity index (χ2v) is 5.65. The summed E-state index contributed by atoms with van der Waals surface area (Å²) >= 11 is 0. The highest BCUT2D eigenvalue weighted by molar-refractivity contribution is 5.71. The van der Waals surface area contributed by atoms with Crippen LogP contribution in [0.2, 0.25) is 0 Å². The Morgan fingerprint density at radius 2 is 2.07 bits per heavy atom. The van der Waals surface area contributed by atoms with Gasteiger partial charge in [-0.05, 0) is 37.0 Å². The number of urea groups is 1. The molecule has 1 fully saturated rings. The Balaban J connectivity index is 2.31. The van der Waals surface area contributed by atoms with E-state index in [1.54, 1.807) is 0 Å². The summed E-state index contributed by atoms with van der Waals surface area (Å²) in [6.07, 6.45) is 4.65. The maximum atomic E-state index is 10.7. The summed E-state index contributed by atoms with van der Waals surface area (Å²) in [4.78, 5) is 10.7. The van der Waals surface area contributed by atoms with E-state index < -0.39 is 0 Å². The van der Waals surface area contributed by atoms with E-state index in [2.05, 4.69) is 26.1 Å². The predicted molar refractivity (Wildman–Crippen MR) is 57.9 cm³/mol. The van der Waals surface area contributed by atoms with Crippen LogP contribution >= 0.6 is 0 Å². The number of carbonyl (C=O) groups excluding carboxylic acids is 1. The molecule has 0 aromatic carbocycles. The molecule has 0 radical (unpaired) electrons. The number of nitrogens with one attached hydrogen (secondary N) is 1. The summed E-state index contributed by atoms with van der Waals surface area (Å²) in [7, 11) is 0. The average molecular weight is 198 g/mol. The van der Waals surface area contributed by atoms with Crippen LogP contribution in [0.3, 0.4) is 0 Å². The lowest BCUT2D eigenvalue weighted by atomic mass is 9.84. The molecule has 0 bridgehead atoms. The first-order valence-corrected chi connectivity index (χ1v) is 5.43. The Bertz CT molecular complexity index is 208. The van der Waals surface area contributed by atoms with Gasteiger partial charge in [0.2, 0.25) is 0 Å². The lowest BCUT2D eigenvalue weighted by molar-refractivity contribution is 0.244. The number of nitrogens with two attached hydrogens (primary N) is 1. The zero-order valence-electron chi connectivity index (χ0n) is 9.47. The van der Waals surface area contributed by atoms with Crippen LogP contribution in [0.15, 0.2) is 0 Å². The van der Waals surface area contributed by atoms with Crippen LogP contribution in [0.4, 0.5) is 4.79 Å². The van der Waals surface area contributed by atoms with E-state index >= 15 is 0 Å². The SMILES string of the molecule is CC(C)(C)CC1CCC(NC(N)=O)C1. The summed E-state index contributed by atoms with van der Waals surface area (Å²) in [5.41, 5.74) is 5.49. The molecule has 1 aliphatic carbocycles. The quantitative estimate of drug-likeness (QED) is 0.702. The molecule has 1 aliphatic rings. The summed E-state index contributed by atoms with van der Waals surface area (Å²) in [5.74, 6) is 0.756. The molecule has 1 rings (SSSR count). The third-order valence-corrected chi connectivity index (χ3v) is 2.79. The first-order valence-electron chi connectivity index (χ1n) is 5.43. The summed E-state index contributed by atoms with van der Waals surface area (Å²) in [6, 6.07) is -0.0636. The molecule has 3 nitrogen and oxygen atoms in total. The molecule has 0 heterocycles. The van der Waals surface area contributed by atoms with Crippen molar-refractivity contribution < 1.29 is 4.79 Å². The Hall–Kier alpha value is -0.730. The van der Waals surface area contributed by atoms with E-state index in [1.807, 2.05) is 0 Å². The zero-order chi connectivity index (χ0) is 10.8. The number of primary amides is 1. The molecule has 82 valence electrons. The van der Waals surface area contributed by atoms with Gasteiger partial charge < -0.3 is 11.1 Å². The van der Waals surface area contributed by atoms with Crippen LogP contribution in [0.25, 0.3) is 0 Å². The van der Waals surface area contributed by atoms with Gasteiger partial charge in [0.15, 0.2) is 0 Å². The van der Waals surface area contributed by atoms with Gasteiger partial charge in [0.05, 0.1) is 0 Å². The van der Waals surface area contributed by atoms with Crippen molar-refractivity contribution >= 4 is 6.03 Å². The van der Waals surface area contributed by atoms with Crippen molar-refractivity contribution in [1.82, 2.24) is 5.32 Å². The molecule has 0 aromatic heterocycles. The lowest BCUT2D eigenvalue weighted by Crippen LogP contribution is -2.37. The molecular formula is C11H22N2O. The fourth-order valence-electron chi connectivity index (χ4n) is 2.46. The standard InChI is InChI=1S/C11H22N2O/c1-11(2,3)7-8-4-5-9(6-8)13-10(12)14/h8-9H,4-7H2,1-3H3,(H3,12,13,14). The molecule has 1 saturated carbocycles. The first-order chi connectivity index (χ1) is 6.37. The van der Waals surface area contributed by atoms with Crippen LogP contribution in [0.5, 0.6) is 0 Å². The highest BCUT2D eigenvalue weighted by atomic mass is 16.2. The van der Waals surface area contributed by atoms with E-state index in [0.29, 0.717) is 11.5 Å². The van der Waals surface area contributed by atoms with Crippen molar-refractivity contribution in [2.75, 3.05) is 0 Å². The fraction of sp³-hybridized carbons (Fsp3) is 0.909. The molecule has 0 spiro atoms. The molecule has 2 atom stereocenters. The minimum absolute atomic E-state index is 0.319. The molecule has 3 heteroatoms. The van der Waals surface area contributed by atoms with Gasteiger partial charge in [-0.15, -0.1) is 0 Å². The molecule has 3 N–H and O–H groups in total. The minimum Gasteiger partial charge on any atom is -0.352 e. The second-order valence-electron chi connectivity index (χ2n) is 5.65.